The fraction of sp³-hybridized carbons (Fsp3) is 0. The summed E-state index contributed by atoms with van der Waals surface area (Å²) in [6.07, 6.45) is 0. The van der Waals surface area contributed by atoms with E-state index in [1.165, 1.54) is 18.2 Å². The molecule has 0 atom stereocenters. The minimum absolute atomic E-state index is 0.0619. The standard InChI is InChI=1S/C16H11FN2O2/c17-11-5-3-6-12(9-11)19-16-13(15(18)20)8-10-4-1-2-7-14(10)21-16/h1-9H,(H2,18,20). The van der Waals surface area contributed by atoms with Gasteiger partial charge in [0.2, 0.25) is 5.55 Å². The van der Waals surface area contributed by atoms with Crippen LogP contribution in [0.3, 0.4) is 0 Å². The summed E-state index contributed by atoms with van der Waals surface area (Å²) in [5.74, 6) is -1.07. The van der Waals surface area contributed by atoms with Crippen LogP contribution in [0.15, 0.2) is 64.0 Å². The minimum atomic E-state index is -0.653. The first-order valence-corrected chi connectivity index (χ1v) is 6.26. The Balaban J connectivity index is 2.29. The Morgan fingerprint density at radius 3 is 2.67 bits per heavy atom. The maximum Gasteiger partial charge on any atom is 0.254 e. The Kier molecular flexibility index (Phi) is 3.23. The highest BCUT2D eigenvalue weighted by Gasteiger charge is 2.09. The molecule has 0 radical (unpaired) electrons. The molecule has 1 amide bonds. The molecule has 3 rings (SSSR count). The average molecular weight is 282 g/mol. The van der Waals surface area contributed by atoms with Crippen molar-refractivity contribution in [1.82, 2.24) is 0 Å². The fourth-order valence-corrected chi connectivity index (χ4v) is 1.99. The third kappa shape index (κ3) is 2.67. The van der Waals surface area contributed by atoms with Crippen molar-refractivity contribution >= 4 is 22.6 Å². The molecule has 1 heterocycles. The zero-order valence-corrected chi connectivity index (χ0v) is 10.9. The highest BCUT2D eigenvalue weighted by Crippen LogP contribution is 2.15. The number of carbonyl (C=O) groups is 1. The lowest BCUT2D eigenvalue weighted by Gasteiger charge is -2.01. The Morgan fingerprint density at radius 1 is 1.10 bits per heavy atom. The molecule has 104 valence electrons. The van der Waals surface area contributed by atoms with Crippen LogP contribution < -0.4 is 11.3 Å². The quantitative estimate of drug-likeness (QED) is 0.785. The van der Waals surface area contributed by atoms with Gasteiger partial charge in [-0.05, 0) is 30.3 Å². The number of para-hydroxylation sites is 1. The number of primary amides is 1. The molecule has 0 aliphatic rings. The summed E-state index contributed by atoms with van der Waals surface area (Å²) >= 11 is 0. The van der Waals surface area contributed by atoms with Crippen LogP contribution in [0.25, 0.3) is 11.0 Å². The Bertz CT molecular complexity index is 900. The van der Waals surface area contributed by atoms with Gasteiger partial charge in [0.25, 0.3) is 5.91 Å². The number of hydrogen-bond donors (Lipinski definition) is 1. The molecule has 0 saturated heterocycles. The first-order valence-electron chi connectivity index (χ1n) is 6.26. The number of nitrogens with two attached hydrogens (primary N) is 1. The third-order valence-corrected chi connectivity index (χ3v) is 2.96. The summed E-state index contributed by atoms with van der Waals surface area (Å²) in [7, 11) is 0. The molecule has 0 saturated carbocycles. The van der Waals surface area contributed by atoms with E-state index < -0.39 is 11.7 Å². The van der Waals surface area contributed by atoms with Gasteiger partial charge in [-0.1, -0.05) is 24.3 Å². The van der Waals surface area contributed by atoms with Crippen LogP contribution in [0, 0.1) is 5.82 Å². The van der Waals surface area contributed by atoms with Crippen LogP contribution in [-0.2, 0) is 0 Å². The van der Waals surface area contributed by atoms with Gasteiger partial charge in [0.15, 0.2) is 0 Å². The molecular weight excluding hydrogens is 271 g/mol. The van der Waals surface area contributed by atoms with E-state index in [0.717, 1.165) is 5.39 Å². The van der Waals surface area contributed by atoms with Gasteiger partial charge in [0.1, 0.15) is 17.0 Å². The largest absolute Gasteiger partial charge is 0.438 e. The molecule has 2 aromatic carbocycles. The van der Waals surface area contributed by atoms with Crippen molar-refractivity contribution in [2.75, 3.05) is 0 Å². The van der Waals surface area contributed by atoms with E-state index in [1.54, 1.807) is 24.3 Å². The summed E-state index contributed by atoms with van der Waals surface area (Å²) in [6.45, 7) is 0. The van der Waals surface area contributed by atoms with Crippen molar-refractivity contribution in [2.45, 2.75) is 0 Å². The normalized spacial score (nSPS) is 11.8. The second-order valence-corrected chi connectivity index (χ2v) is 4.46. The highest BCUT2D eigenvalue weighted by molar-refractivity contribution is 5.95. The van der Waals surface area contributed by atoms with E-state index in [-0.39, 0.29) is 11.1 Å². The number of rotatable bonds is 2. The van der Waals surface area contributed by atoms with Crippen LogP contribution >= 0.6 is 0 Å². The zero-order chi connectivity index (χ0) is 14.8. The van der Waals surface area contributed by atoms with E-state index in [9.17, 15) is 9.18 Å². The van der Waals surface area contributed by atoms with Gasteiger partial charge in [-0.2, -0.15) is 0 Å². The number of fused-ring (bicyclic) bond motifs is 1. The molecule has 4 nitrogen and oxygen atoms in total. The first kappa shape index (κ1) is 13.1. The number of amides is 1. The summed E-state index contributed by atoms with van der Waals surface area (Å²) in [6, 6.07) is 14.5. The highest BCUT2D eigenvalue weighted by atomic mass is 19.1. The third-order valence-electron chi connectivity index (χ3n) is 2.96. The van der Waals surface area contributed by atoms with Gasteiger partial charge in [0, 0.05) is 5.39 Å². The molecule has 5 heteroatoms. The average Bonchev–Trinajstić information content (AvgIpc) is 2.46. The first-order chi connectivity index (χ1) is 10.1. The van der Waals surface area contributed by atoms with Crippen molar-refractivity contribution in [3.05, 3.63) is 71.5 Å². The lowest BCUT2D eigenvalue weighted by Crippen LogP contribution is -2.21. The van der Waals surface area contributed by atoms with Gasteiger partial charge >= 0.3 is 0 Å². The molecule has 0 aliphatic heterocycles. The molecule has 21 heavy (non-hydrogen) atoms. The number of halogens is 1. The maximum absolute atomic E-state index is 13.2. The van der Waals surface area contributed by atoms with Crippen LogP contribution in [0.1, 0.15) is 10.4 Å². The maximum atomic E-state index is 13.2. The second kappa shape index (κ2) is 5.20. The SMILES string of the molecule is NC(=O)c1cc2ccccc2oc1=Nc1cccc(F)c1. The second-order valence-electron chi connectivity index (χ2n) is 4.46. The zero-order valence-electron chi connectivity index (χ0n) is 10.9. The van der Waals surface area contributed by atoms with Gasteiger partial charge in [-0.15, -0.1) is 0 Å². The van der Waals surface area contributed by atoms with Crippen molar-refractivity contribution in [2.24, 2.45) is 10.7 Å². The number of nitrogens with zero attached hydrogens (tertiary/aromatic N) is 1. The van der Waals surface area contributed by atoms with E-state index in [2.05, 4.69) is 4.99 Å². The fourth-order valence-electron chi connectivity index (χ4n) is 1.99. The van der Waals surface area contributed by atoms with Gasteiger partial charge < -0.3 is 10.2 Å². The smallest absolute Gasteiger partial charge is 0.254 e. The van der Waals surface area contributed by atoms with E-state index in [0.29, 0.717) is 11.3 Å². The van der Waals surface area contributed by atoms with Crippen molar-refractivity contribution in [3.63, 3.8) is 0 Å². The molecule has 0 bridgehead atoms. The number of benzene rings is 2. The van der Waals surface area contributed by atoms with E-state index in [4.69, 9.17) is 10.2 Å². The summed E-state index contributed by atoms with van der Waals surface area (Å²) < 4.78 is 18.8. The van der Waals surface area contributed by atoms with Gasteiger partial charge in [-0.25, -0.2) is 9.38 Å². The predicted molar refractivity (Wildman–Crippen MR) is 76.4 cm³/mol. The number of carbonyl (C=O) groups excluding carboxylic acids is 1. The Morgan fingerprint density at radius 2 is 1.90 bits per heavy atom. The Labute approximate surface area is 119 Å². The number of hydrogen-bond acceptors (Lipinski definition) is 3. The molecule has 0 fully saturated rings. The van der Waals surface area contributed by atoms with Crippen LogP contribution in [0.5, 0.6) is 0 Å². The molecule has 1 aromatic heterocycles. The lowest BCUT2D eigenvalue weighted by atomic mass is 10.2. The monoisotopic (exact) mass is 282 g/mol. The molecule has 2 N–H and O–H groups in total. The molecule has 0 spiro atoms. The van der Waals surface area contributed by atoms with Crippen LogP contribution in [0.4, 0.5) is 10.1 Å². The lowest BCUT2D eigenvalue weighted by molar-refractivity contribution is 0.0996. The molecular formula is C16H11FN2O2. The van der Waals surface area contributed by atoms with E-state index in [1.807, 2.05) is 12.1 Å². The molecule has 0 unspecified atom stereocenters. The van der Waals surface area contributed by atoms with E-state index >= 15 is 0 Å². The van der Waals surface area contributed by atoms with Crippen molar-refractivity contribution in [3.8, 4) is 0 Å². The van der Waals surface area contributed by atoms with Crippen LogP contribution in [0.2, 0.25) is 0 Å². The Hall–Kier alpha value is -2.95. The van der Waals surface area contributed by atoms with Gasteiger partial charge in [-0.3, -0.25) is 4.79 Å². The minimum Gasteiger partial charge on any atom is -0.438 e. The van der Waals surface area contributed by atoms with Gasteiger partial charge in [0.05, 0.1) is 5.69 Å². The van der Waals surface area contributed by atoms with Crippen molar-refractivity contribution < 1.29 is 13.6 Å². The predicted octanol–water partition coefficient (Wildman–Crippen LogP) is 2.90. The van der Waals surface area contributed by atoms with Crippen molar-refractivity contribution in [1.29, 1.82) is 0 Å². The summed E-state index contributed by atoms with van der Waals surface area (Å²) in [5.41, 5.74) is 6.48. The molecule has 3 aromatic rings. The van der Waals surface area contributed by atoms with Crippen LogP contribution in [-0.4, -0.2) is 5.91 Å². The molecule has 0 aliphatic carbocycles. The topological polar surface area (TPSA) is 68.6 Å². The summed E-state index contributed by atoms with van der Waals surface area (Å²) in [5, 5.41) is 0.740. The summed E-state index contributed by atoms with van der Waals surface area (Å²) in [4.78, 5) is 15.7.